The number of rotatable bonds is 5. The third kappa shape index (κ3) is 4.64. The van der Waals surface area contributed by atoms with E-state index in [1.807, 2.05) is 37.4 Å². The SMILES string of the molecule is Cc1ccc(SCC(=O)N(C)Cc2ccccc2)cc1C. The van der Waals surface area contributed by atoms with Crippen LogP contribution < -0.4 is 0 Å². The number of amides is 1. The van der Waals surface area contributed by atoms with Gasteiger partial charge in [-0.2, -0.15) is 0 Å². The first-order valence-corrected chi connectivity index (χ1v) is 8.03. The first-order chi connectivity index (χ1) is 10.1. The Morgan fingerprint density at radius 2 is 1.76 bits per heavy atom. The summed E-state index contributed by atoms with van der Waals surface area (Å²) in [5.41, 5.74) is 3.71. The lowest BCUT2D eigenvalue weighted by Gasteiger charge is -2.17. The third-order valence-corrected chi connectivity index (χ3v) is 4.51. The Bertz CT molecular complexity index is 610. The fourth-order valence-corrected chi connectivity index (χ4v) is 2.94. The Balaban J connectivity index is 1.87. The molecule has 0 aromatic heterocycles. The Morgan fingerprint density at radius 1 is 1.05 bits per heavy atom. The molecule has 0 bridgehead atoms. The van der Waals surface area contributed by atoms with E-state index in [1.54, 1.807) is 16.7 Å². The Morgan fingerprint density at radius 3 is 2.43 bits per heavy atom. The molecule has 0 saturated heterocycles. The van der Waals surface area contributed by atoms with E-state index < -0.39 is 0 Å². The van der Waals surface area contributed by atoms with Crippen LogP contribution in [0.25, 0.3) is 0 Å². The van der Waals surface area contributed by atoms with Gasteiger partial charge in [0.25, 0.3) is 0 Å². The number of hydrogen-bond acceptors (Lipinski definition) is 2. The van der Waals surface area contributed by atoms with Crippen LogP contribution in [0.15, 0.2) is 53.4 Å². The van der Waals surface area contributed by atoms with Crippen molar-refractivity contribution >= 4 is 17.7 Å². The monoisotopic (exact) mass is 299 g/mol. The summed E-state index contributed by atoms with van der Waals surface area (Å²) >= 11 is 1.60. The molecule has 0 atom stereocenters. The number of hydrogen-bond donors (Lipinski definition) is 0. The summed E-state index contributed by atoms with van der Waals surface area (Å²) in [4.78, 5) is 15.1. The number of nitrogens with zero attached hydrogens (tertiary/aromatic N) is 1. The van der Waals surface area contributed by atoms with Crippen LogP contribution in [0.4, 0.5) is 0 Å². The van der Waals surface area contributed by atoms with Gasteiger partial charge in [-0.1, -0.05) is 36.4 Å². The number of thioether (sulfide) groups is 1. The fraction of sp³-hybridized carbons (Fsp3) is 0.278. The van der Waals surface area contributed by atoms with Gasteiger partial charge in [0, 0.05) is 18.5 Å². The Labute approximate surface area is 131 Å². The maximum Gasteiger partial charge on any atom is 0.232 e. The van der Waals surface area contributed by atoms with Crippen LogP contribution in [-0.2, 0) is 11.3 Å². The zero-order valence-electron chi connectivity index (χ0n) is 12.8. The number of carbonyl (C=O) groups excluding carboxylic acids is 1. The maximum absolute atomic E-state index is 12.2. The summed E-state index contributed by atoms with van der Waals surface area (Å²) in [5.74, 6) is 0.633. The highest BCUT2D eigenvalue weighted by Crippen LogP contribution is 2.21. The van der Waals surface area contributed by atoms with E-state index in [2.05, 4.69) is 32.0 Å². The van der Waals surface area contributed by atoms with E-state index in [0.717, 1.165) is 10.5 Å². The predicted molar refractivity (Wildman–Crippen MR) is 89.6 cm³/mol. The van der Waals surface area contributed by atoms with E-state index in [4.69, 9.17) is 0 Å². The molecule has 0 aliphatic rings. The molecule has 1 amide bonds. The van der Waals surface area contributed by atoms with Crippen LogP contribution in [0.1, 0.15) is 16.7 Å². The van der Waals surface area contributed by atoms with E-state index in [9.17, 15) is 4.79 Å². The largest absolute Gasteiger partial charge is 0.341 e. The minimum atomic E-state index is 0.155. The van der Waals surface area contributed by atoms with Gasteiger partial charge < -0.3 is 4.90 Å². The fourth-order valence-electron chi connectivity index (χ4n) is 2.00. The molecule has 2 nitrogen and oxygen atoms in total. The van der Waals surface area contributed by atoms with Crippen LogP contribution in [-0.4, -0.2) is 23.6 Å². The molecule has 0 fully saturated rings. The Kier molecular flexibility index (Phi) is 5.45. The van der Waals surface area contributed by atoms with Crippen LogP contribution in [0.3, 0.4) is 0 Å². The van der Waals surface area contributed by atoms with Crippen molar-refractivity contribution in [2.24, 2.45) is 0 Å². The first-order valence-electron chi connectivity index (χ1n) is 7.04. The molecule has 0 saturated carbocycles. The van der Waals surface area contributed by atoms with Gasteiger partial charge in [-0.25, -0.2) is 0 Å². The van der Waals surface area contributed by atoms with Crippen molar-refractivity contribution in [3.63, 3.8) is 0 Å². The van der Waals surface area contributed by atoms with Gasteiger partial charge in [0.05, 0.1) is 5.75 Å². The van der Waals surface area contributed by atoms with Gasteiger partial charge >= 0.3 is 0 Å². The molecule has 110 valence electrons. The normalized spacial score (nSPS) is 10.4. The maximum atomic E-state index is 12.2. The molecule has 0 heterocycles. The molecule has 2 aromatic rings. The summed E-state index contributed by atoms with van der Waals surface area (Å²) in [6, 6.07) is 16.4. The molecule has 3 heteroatoms. The summed E-state index contributed by atoms with van der Waals surface area (Å²) in [7, 11) is 1.86. The summed E-state index contributed by atoms with van der Waals surface area (Å²) < 4.78 is 0. The topological polar surface area (TPSA) is 20.3 Å². The molecule has 2 aromatic carbocycles. The molecule has 0 unspecified atom stereocenters. The molecule has 2 rings (SSSR count). The second-order valence-corrected chi connectivity index (χ2v) is 6.32. The zero-order chi connectivity index (χ0) is 15.2. The lowest BCUT2D eigenvalue weighted by molar-refractivity contribution is -0.127. The summed E-state index contributed by atoms with van der Waals surface area (Å²) in [6.45, 7) is 4.86. The van der Waals surface area contributed by atoms with Crippen molar-refractivity contribution < 1.29 is 4.79 Å². The Hall–Kier alpha value is -1.74. The van der Waals surface area contributed by atoms with Gasteiger partial charge in [-0.15, -0.1) is 11.8 Å². The first kappa shape index (κ1) is 15.6. The van der Waals surface area contributed by atoms with Crippen LogP contribution in [0.2, 0.25) is 0 Å². The summed E-state index contributed by atoms with van der Waals surface area (Å²) in [6.07, 6.45) is 0. The van der Waals surface area contributed by atoms with Crippen molar-refractivity contribution in [1.82, 2.24) is 4.90 Å². The standard InChI is InChI=1S/C18H21NOS/c1-14-9-10-17(11-15(14)2)21-13-18(20)19(3)12-16-7-5-4-6-8-16/h4-11H,12-13H2,1-3H3. The number of benzene rings is 2. The molecule has 0 spiro atoms. The van der Waals surface area contributed by atoms with Crippen LogP contribution in [0, 0.1) is 13.8 Å². The predicted octanol–water partition coefficient (Wildman–Crippen LogP) is 4.05. The second-order valence-electron chi connectivity index (χ2n) is 5.27. The lowest BCUT2D eigenvalue weighted by atomic mass is 10.1. The van der Waals surface area contributed by atoms with Crippen molar-refractivity contribution in [3.8, 4) is 0 Å². The van der Waals surface area contributed by atoms with Crippen molar-refractivity contribution in [2.45, 2.75) is 25.3 Å². The summed E-state index contributed by atoms with van der Waals surface area (Å²) in [5, 5.41) is 0. The zero-order valence-corrected chi connectivity index (χ0v) is 13.6. The highest BCUT2D eigenvalue weighted by atomic mass is 32.2. The van der Waals surface area contributed by atoms with Gasteiger partial charge in [0.1, 0.15) is 0 Å². The van der Waals surface area contributed by atoms with Gasteiger partial charge in [-0.05, 0) is 42.7 Å². The van der Waals surface area contributed by atoms with E-state index >= 15 is 0 Å². The molecule has 0 aliphatic carbocycles. The lowest BCUT2D eigenvalue weighted by Crippen LogP contribution is -2.27. The average molecular weight is 299 g/mol. The van der Waals surface area contributed by atoms with Crippen molar-refractivity contribution in [1.29, 1.82) is 0 Å². The minimum absolute atomic E-state index is 0.155. The van der Waals surface area contributed by atoms with E-state index in [0.29, 0.717) is 12.3 Å². The van der Waals surface area contributed by atoms with Crippen molar-refractivity contribution in [3.05, 3.63) is 65.2 Å². The molecular formula is C18H21NOS. The van der Waals surface area contributed by atoms with Gasteiger partial charge in [-0.3, -0.25) is 4.79 Å². The smallest absolute Gasteiger partial charge is 0.232 e. The number of aryl methyl sites for hydroxylation is 2. The highest BCUT2D eigenvalue weighted by molar-refractivity contribution is 8.00. The van der Waals surface area contributed by atoms with Gasteiger partial charge in [0.15, 0.2) is 0 Å². The average Bonchev–Trinajstić information content (AvgIpc) is 2.49. The van der Waals surface area contributed by atoms with Crippen LogP contribution in [0.5, 0.6) is 0 Å². The third-order valence-electron chi connectivity index (χ3n) is 3.53. The van der Waals surface area contributed by atoms with Gasteiger partial charge in [0.2, 0.25) is 5.91 Å². The van der Waals surface area contributed by atoms with Crippen molar-refractivity contribution in [2.75, 3.05) is 12.8 Å². The van der Waals surface area contributed by atoms with Crippen LogP contribution >= 0.6 is 11.8 Å². The minimum Gasteiger partial charge on any atom is -0.341 e. The molecule has 0 radical (unpaired) electrons. The molecule has 21 heavy (non-hydrogen) atoms. The second kappa shape index (κ2) is 7.32. The number of carbonyl (C=O) groups is 1. The molecular weight excluding hydrogens is 278 g/mol. The highest BCUT2D eigenvalue weighted by Gasteiger charge is 2.10. The molecule has 0 aliphatic heterocycles. The van der Waals surface area contributed by atoms with E-state index in [1.165, 1.54) is 11.1 Å². The molecule has 0 N–H and O–H groups in total. The van der Waals surface area contributed by atoms with E-state index in [-0.39, 0.29) is 5.91 Å². The quantitative estimate of drug-likeness (QED) is 0.776.